The Labute approximate surface area is 95.7 Å². The molecule has 4 nitrogen and oxygen atoms in total. The van der Waals surface area contributed by atoms with Gasteiger partial charge in [0, 0.05) is 30.9 Å². The lowest BCUT2D eigenvalue weighted by Gasteiger charge is -2.24. The van der Waals surface area contributed by atoms with Gasteiger partial charge in [0.2, 0.25) is 0 Å². The van der Waals surface area contributed by atoms with Crippen molar-refractivity contribution in [2.75, 3.05) is 19.0 Å². The van der Waals surface area contributed by atoms with Gasteiger partial charge in [0.05, 0.1) is 0 Å². The van der Waals surface area contributed by atoms with Crippen molar-refractivity contribution in [3.63, 3.8) is 0 Å². The van der Waals surface area contributed by atoms with Crippen LogP contribution in [0.3, 0.4) is 0 Å². The van der Waals surface area contributed by atoms with Crippen LogP contribution in [0.5, 0.6) is 0 Å². The number of nitrogens with zero attached hydrogens (tertiary/aromatic N) is 1. The summed E-state index contributed by atoms with van der Waals surface area (Å²) in [6, 6.07) is -0.0324. The van der Waals surface area contributed by atoms with Gasteiger partial charge in [-0.1, -0.05) is 0 Å². The van der Waals surface area contributed by atoms with Crippen molar-refractivity contribution in [2.45, 2.75) is 32.4 Å². The second-order valence-electron chi connectivity index (χ2n) is 4.96. The van der Waals surface area contributed by atoms with E-state index in [4.69, 9.17) is 22.1 Å². The van der Waals surface area contributed by atoms with Crippen LogP contribution in [0.1, 0.15) is 20.8 Å². The van der Waals surface area contributed by atoms with Gasteiger partial charge in [0.25, 0.3) is 0 Å². The van der Waals surface area contributed by atoms with E-state index >= 15 is 0 Å². The molecular formula is C10H19ClN2O2. The van der Waals surface area contributed by atoms with Gasteiger partial charge in [-0.05, 0) is 20.8 Å². The van der Waals surface area contributed by atoms with Gasteiger partial charge in [-0.2, -0.15) is 0 Å². The Morgan fingerprint density at radius 1 is 1.53 bits per heavy atom. The van der Waals surface area contributed by atoms with Crippen molar-refractivity contribution in [2.24, 2.45) is 11.7 Å². The molecule has 0 aromatic heterocycles. The molecule has 1 aliphatic rings. The first-order valence-corrected chi connectivity index (χ1v) is 5.66. The number of halogens is 1. The molecule has 1 amide bonds. The maximum atomic E-state index is 11.7. The van der Waals surface area contributed by atoms with Crippen molar-refractivity contribution in [3.05, 3.63) is 0 Å². The zero-order valence-corrected chi connectivity index (χ0v) is 10.3. The maximum absolute atomic E-state index is 11.7. The second-order valence-corrected chi connectivity index (χ2v) is 5.27. The molecule has 2 atom stereocenters. The average Bonchev–Trinajstić information content (AvgIpc) is 2.43. The third kappa shape index (κ3) is 3.54. The minimum atomic E-state index is -0.458. The van der Waals surface area contributed by atoms with Gasteiger partial charge in [-0.25, -0.2) is 4.79 Å². The summed E-state index contributed by atoms with van der Waals surface area (Å²) in [6.07, 6.45) is -0.300. The number of ether oxygens (including phenoxy) is 1. The molecule has 1 fully saturated rings. The van der Waals surface area contributed by atoms with Crippen LogP contribution in [0.25, 0.3) is 0 Å². The van der Waals surface area contributed by atoms with E-state index in [0.29, 0.717) is 19.0 Å². The number of hydrogen-bond acceptors (Lipinski definition) is 3. The fourth-order valence-electron chi connectivity index (χ4n) is 1.54. The smallest absolute Gasteiger partial charge is 0.410 e. The van der Waals surface area contributed by atoms with Crippen LogP contribution in [0, 0.1) is 5.92 Å². The fraction of sp³-hybridized carbons (Fsp3) is 0.900. The summed E-state index contributed by atoms with van der Waals surface area (Å²) in [5.41, 5.74) is 5.39. The maximum Gasteiger partial charge on any atom is 0.410 e. The summed E-state index contributed by atoms with van der Waals surface area (Å²) in [5, 5.41) is 0. The number of hydrogen-bond donors (Lipinski definition) is 1. The van der Waals surface area contributed by atoms with Crippen molar-refractivity contribution < 1.29 is 9.53 Å². The highest BCUT2D eigenvalue weighted by Gasteiger charge is 2.34. The van der Waals surface area contributed by atoms with Gasteiger partial charge in [-0.15, -0.1) is 11.6 Å². The first-order chi connectivity index (χ1) is 6.83. The van der Waals surface area contributed by atoms with Crippen molar-refractivity contribution in [1.29, 1.82) is 0 Å². The zero-order valence-electron chi connectivity index (χ0n) is 9.50. The molecule has 0 spiro atoms. The Morgan fingerprint density at radius 2 is 2.13 bits per heavy atom. The minimum absolute atomic E-state index is 0.0324. The highest BCUT2D eigenvalue weighted by atomic mass is 35.5. The van der Waals surface area contributed by atoms with E-state index in [9.17, 15) is 4.79 Å². The Balaban J connectivity index is 2.50. The SMILES string of the molecule is CC(C)(C)OC(=O)N1CC(N)C(CCl)C1. The number of likely N-dealkylation sites (tertiary alicyclic amines) is 1. The van der Waals surface area contributed by atoms with E-state index in [1.165, 1.54) is 0 Å². The number of nitrogens with two attached hydrogens (primary N) is 1. The molecule has 2 N–H and O–H groups in total. The van der Waals surface area contributed by atoms with E-state index in [1.807, 2.05) is 20.8 Å². The van der Waals surface area contributed by atoms with Crippen LogP contribution in [0.15, 0.2) is 0 Å². The van der Waals surface area contributed by atoms with E-state index in [2.05, 4.69) is 0 Å². The molecule has 0 saturated carbocycles. The van der Waals surface area contributed by atoms with E-state index < -0.39 is 5.60 Å². The topological polar surface area (TPSA) is 55.6 Å². The lowest BCUT2D eigenvalue weighted by molar-refractivity contribution is 0.0288. The molecule has 0 aliphatic carbocycles. The van der Waals surface area contributed by atoms with E-state index in [1.54, 1.807) is 4.90 Å². The predicted octanol–water partition coefficient (Wildman–Crippen LogP) is 1.42. The molecule has 88 valence electrons. The van der Waals surface area contributed by atoms with E-state index in [-0.39, 0.29) is 18.1 Å². The highest BCUT2D eigenvalue weighted by Crippen LogP contribution is 2.19. The molecule has 1 aliphatic heterocycles. The normalized spacial score (nSPS) is 26.9. The van der Waals surface area contributed by atoms with Crippen molar-refractivity contribution in [3.8, 4) is 0 Å². The largest absolute Gasteiger partial charge is 0.444 e. The predicted molar refractivity (Wildman–Crippen MR) is 60.0 cm³/mol. The molecule has 1 heterocycles. The first kappa shape index (κ1) is 12.6. The lowest BCUT2D eigenvalue weighted by atomic mass is 10.1. The summed E-state index contributed by atoms with van der Waals surface area (Å²) in [5.74, 6) is 0.666. The average molecular weight is 235 g/mol. The fourth-order valence-corrected chi connectivity index (χ4v) is 1.86. The van der Waals surface area contributed by atoms with Gasteiger partial charge in [0.15, 0.2) is 0 Å². The summed E-state index contributed by atoms with van der Waals surface area (Å²) >= 11 is 5.75. The van der Waals surface area contributed by atoms with Crippen LogP contribution in [0.2, 0.25) is 0 Å². The van der Waals surface area contributed by atoms with Crippen LogP contribution in [-0.4, -0.2) is 41.6 Å². The minimum Gasteiger partial charge on any atom is -0.444 e. The molecule has 15 heavy (non-hydrogen) atoms. The zero-order chi connectivity index (χ0) is 11.6. The molecule has 2 unspecified atom stereocenters. The molecular weight excluding hydrogens is 216 g/mol. The molecule has 0 bridgehead atoms. The third-order valence-electron chi connectivity index (χ3n) is 2.34. The van der Waals surface area contributed by atoms with E-state index in [0.717, 1.165) is 0 Å². The Hall–Kier alpha value is -0.480. The number of carbonyl (C=O) groups excluding carboxylic acids is 1. The summed E-state index contributed by atoms with van der Waals surface area (Å²) in [6.45, 7) is 6.67. The van der Waals surface area contributed by atoms with Crippen LogP contribution in [0.4, 0.5) is 4.79 Å². The first-order valence-electron chi connectivity index (χ1n) is 5.13. The molecule has 5 heteroatoms. The van der Waals surface area contributed by atoms with Crippen LogP contribution < -0.4 is 5.73 Å². The summed E-state index contributed by atoms with van der Waals surface area (Å²) < 4.78 is 5.25. The quantitative estimate of drug-likeness (QED) is 0.699. The van der Waals surface area contributed by atoms with Gasteiger partial charge in [0.1, 0.15) is 5.60 Å². The second kappa shape index (κ2) is 4.58. The lowest BCUT2D eigenvalue weighted by Crippen LogP contribution is -2.36. The third-order valence-corrected chi connectivity index (χ3v) is 2.74. The molecule has 0 aromatic carbocycles. The van der Waals surface area contributed by atoms with Crippen LogP contribution in [-0.2, 0) is 4.74 Å². The number of carbonyl (C=O) groups is 1. The Morgan fingerprint density at radius 3 is 2.53 bits per heavy atom. The number of alkyl halides is 1. The Bertz CT molecular complexity index is 240. The van der Waals surface area contributed by atoms with Gasteiger partial charge >= 0.3 is 6.09 Å². The molecule has 1 rings (SSSR count). The monoisotopic (exact) mass is 234 g/mol. The van der Waals surface area contributed by atoms with Gasteiger partial charge < -0.3 is 15.4 Å². The molecule has 0 radical (unpaired) electrons. The van der Waals surface area contributed by atoms with Crippen molar-refractivity contribution in [1.82, 2.24) is 4.90 Å². The Kier molecular flexibility index (Phi) is 3.84. The number of rotatable bonds is 1. The molecule has 0 aromatic rings. The van der Waals surface area contributed by atoms with Gasteiger partial charge in [-0.3, -0.25) is 0 Å². The number of amides is 1. The van der Waals surface area contributed by atoms with Crippen molar-refractivity contribution >= 4 is 17.7 Å². The molecule has 1 saturated heterocycles. The summed E-state index contributed by atoms with van der Waals surface area (Å²) in [4.78, 5) is 13.3. The van der Waals surface area contributed by atoms with Crippen LogP contribution >= 0.6 is 11.6 Å². The summed E-state index contributed by atoms with van der Waals surface area (Å²) in [7, 11) is 0. The highest BCUT2D eigenvalue weighted by molar-refractivity contribution is 6.18. The standard InChI is InChI=1S/C10H19ClN2O2/c1-10(2,3)15-9(14)13-5-7(4-11)8(12)6-13/h7-8H,4-6,12H2,1-3H3.